The Kier molecular flexibility index (Phi) is 10.8. The number of methoxy groups -OCH3 is 3. The van der Waals surface area contributed by atoms with Crippen LogP contribution in [0.15, 0.2) is 48.6 Å². The molecule has 14 heteroatoms. The number of ether oxygens (including phenoxy) is 4. The first kappa shape index (κ1) is 43.9. The molecule has 0 radical (unpaired) electrons. The fourth-order valence-electron chi connectivity index (χ4n) is 14.2. The number of anilines is 1. The topological polar surface area (TPSA) is 151 Å². The number of quaternary nitrogens is 1. The zero-order valence-electron chi connectivity index (χ0n) is 36.7. The molecule has 9 rings (SSSR count). The van der Waals surface area contributed by atoms with Gasteiger partial charge in [-0.25, -0.2) is 4.79 Å². The molecular formula is C47H61IN4O9. The second-order valence-electron chi connectivity index (χ2n) is 19.2. The third-order valence-corrected chi connectivity index (χ3v) is 16.2. The lowest BCUT2D eigenvalue weighted by Gasteiger charge is -2.63. The number of aromatic nitrogens is 1. The van der Waals surface area contributed by atoms with E-state index in [1.54, 1.807) is 7.11 Å². The van der Waals surface area contributed by atoms with E-state index in [2.05, 4.69) is 41.2 Å². The van der Waals surface area contributed by atoms with E-state index in [0.717, 1.165) is 46.5 Å². The average molecular weight is 953 g/mol. The van der Waals surface area contributed by atoms with Gasteiger partial charge in [0.1, 0.15) is 23.3 Å². The predicted molar refractivity (Wildman–Crippen MR) is 225 cm³/mol. The number of hydrogen-bond acceptors (Lipinski definition) is 11. The summed E-state index contributed by atoms with van der Waals surface area (Å²) in [5.41, 5.74) is -1.57. The Morgan fingerprint density at radius 1 is 0.984 bits per heavy atom. The number of nitrogens with one attached hydrogen (secondary N) is 1. The third-order valence-electron chi connectivity index (χ3n) is 16.2. The van der Waals surface area contributed by atoms with Crippen molar-refractivity contribution in [3.63, 3.8) is 0 Å². The minimum Gasteiger partial charge on any atom is -1.00 e. The molecule has 1 saturated carbocycles. The van der Waals surface area contributed by atoms with E-state index in [4.69, 9.17) is 18.9 Å². The van der Waals surface area contributed by atoms with E-state index in [1.807, 2.05) is 50.1 Å². The molecule has 330 valence electrons. The minimum absolute atomic E-state index is 0. The first-order valence-corrected chi connectivity index (χ1v) is 21.7. The maximum Gasteiger partial charge on any atom is 0.344 e. The molecule has 0 amide bonds. The van der Waals surface area contributed by atoms with E-state index in [1.165, 1.54) is 21.1 Å². The average Bonchev–Trinajstić information content (AvgIpc) is 3.89. The van der Waals surface area contributed by atoms with Crippen molar-refractivity contribution in [2.45, 2.75) is 99.5 Å². The van der Waals surface area contributed by atoms with Crippen LogP contribution < -0.4 is 33.6 Å². The molecule has 13 nitrogen and oxygen atoms in total. The smallest absolute Gasteiger partial charge is 0.344 e. The van der Waals surface area contributed by atoms with Gasteiger partial charge < -0.3 is 67.5 Å². The lowest BCUT2D eigenvalue weighted by atomic mass is 9.47. The number of aliphatic hydroxyl groups is 2. The molecule has 2 saturated heterocycles. The highest BCUT2D eigenvalue weighted by molar-refractivity contribution is 5.95. The molecule has 1 aliphatic carbocycles. The molecule has 2 aromatic carbocycles. The summed E-state index contributed by atoms with van der Waals surface area (Å²) >= 11 is 0. The van der Waals surface area contributed by atoms with Crippen molar-refractivity contribution in [1.82, 2.24) is 9.88 Å². The zero-order valence-corrected chi connectivity index (χ0v) is 38.8. The van der Waals surface area contributed by atoms with Crippen molar-refractivity contribution in [3.05, 3.63) is 70.9 Å². The van der Waals surface area contributed by atoms with Gasteiger partial charge in [-0.15, -0.1) is 0 Å². The van der Waals surface area contributed by atoms with Gasteiger partial charge in [0.15, 0.2) is 6.10 Å². The summed E-state index contributed by atoms with van der Waals surface area (Å²) in [7, 11) is 8.41. The van der Waals surface area contributed by atoms with Crippen molar-refractivity contribution < 1.29 is 72.0 Å². The molecule has 1 spiro atoms. The second-order valence-corrected chi connectivity index (χ2v) is 19.2. The lowest BCUT2D eigenvalue weighted by Crippen LogP contribution is -3.00. The maximum atomic E-state index is 15.4. The first-order chi connectivity index (χ1) is 28.6. The van der Waals surface area contributed by atoms with Gasteiger partial charge in [0.05, 0.1) is 47.5 Å². The third kappa shape index (κ3) is 5.79. The van der Waals surface area contributed by atoms with Gasteiger partial charge in [0.2, 0.25) is 5.60 Å². The standard InChI is InChI=1S/C47H61N4O9.HI/c1-9-43(55)24-29-25-46(41(53)58-7,37-31(16-21-51(5,26-29)27-43)30-14-11-12-15-34(30)48-37)33-22-32-35(23-36(33)57-6)49(4)39-45(32)18-20-50-19-13-17-44(10-2,38(45)50)40(60-28(3)52)47(39,56)42(54)59-8;/h11-15,17,22-23,29,38-40,48,55-56H,9-10,16,18-21,24-27H2,1-8H3;1H/q+1;/p-1/t29-,38-,39+,40+,43-,44+,45+,46-,47-,51?;/m0./s1. The molecule has 61 heavy (non-hydrogen) atoms. The van der Waals surface area contributed by atoms with Gasteiger partial charge in [-0.2, -0.15) is 0 Å². The lowest BCUT2D eigenvalue weighted by molar-refractivity contribution is -0.924. The van der Waals surface area contributed by atoms with Crippen LogP contribution in [0.4, 0.5) is 5.69 Å². The molecule has 5 aliphatic heterocycles. The predicted octanol–water partition coefficient (Wildman–Crippen LogP) is 1.14. The van der Waals surface area contributed by atoms with Crippen molar-refractivity contribution in [2.75, 3.05) is 73.0 Å². The number of H-pyrrole nitrogens is 1. The molecule has 1 unspecified atom stereocenters. The van der Waals surface area contributed by atoms with Crippen molar-refractivity contribution in [2.24, 2.45) is 11.3 Å². The summed E-state index contributed by atoms with van der Waals surface area (Å²) in [6.07, 6.45) is 6.01. The molecule has 3 fully saturated rings. The number of carbonyl (C=O) groups is 3. The highest BCUT2D eigenvalue weighted by atomic mass is 127. The summed E-state index contributed by atoms with van der Waals surface area (Å²) in [5, 5.41) is 26.6. The molecule has 2 bridgehead atoms. The highest BCUT2D eigenvalue weighted by Gasteiger charge is 2.80. The Morgan fingerprint density at radius 3 is 2.39 bits per heavy atom. The zero-order chi connectivity index (χ0) is 42.8. The van der Waals surface area contributed by atoms with E-state index in [-0.39, 0.29) is 35.9 Å². The normalized spacial score (nSPS) is 37.2. The fraction of sp³-hybridized carbons (Fsp3) is 0.596. The van der Waals surface area contributed by atoms with Crippen LogP contribution in [-0.2, 0) is 45.8 Å². The molecule has 1 aromatic heterocycles. The van der Waals surface area contributed by atoms with E-state index in [9.17, 15) is 19.8 Å². The number of para-hydroxylation sites is 1. The van der Waals surface area contributed by atoms with Crippen LogP contribution in [0, 0.1) is 11.3 Å². The van der Waals surface area contributed by atoms with Crippen molar-refractivity contribution in [1.29, 1.82) is 0 Å². The first-order valence-electron chi connectivity index (χ1n) is 21.7. The van der Waals surface area contributed by atoms with Gasteiger partial charge in [-0.1, -0.05) is 44.2 Å². The highest BCUT2D eigenvalue weighted by Crippen LogP contribution is 2.68. The van der Waals surface area contributed by atoms with E-state index in [0.29, 0.717) is 74.0 Å². The van der Waals surface area contributed by atoms with E-state index < -0.39 is 57.5 Å². The number of esters is 3. The molecule has 3 aromatic rings. The quantitative estimate of drug-likeness (QED) is 0.103. The summed E-state index contributed by atoms with van der Waals surface area (Å²) in [6, 6.07) is 11.0. The Balaban J connectivity index is 0.00000514. The Bertz CT molecular complexity index is 2320. The van der Waals surface area contributed by atoms with Crippen molar-refractivity contribution in [3.8, 4) is 5.75 Å². The van der Waals surface area contributed by atoms with Crippen molar-refractivity contribution >= 4 is 34.5 Å². The molecular weight excluding hydrogens is 891 g/mol. The van der Waals surface area contributed by atoms with E-state index >= 15 is 4.79 Å². The molecule has 10 atom stereocenters. The van der Waals surface area contributed by atoms with Crippen LogP contribution in [0.3, 0.4) is 0 Å². The number of piperidine rings is 1. The molecule has 6 heterocycles. The summed E-state index contributed by atoms with van der Waals surface area (Å²) < 4.78 is 24.7. The van der Waals surface area contributed by atoms with Gasteiger partial charge in [-0.3, -0.25) is 14.5 Å². The number of carbonyl (C=O) groups excluding carboxylic acids is 3. The van der Waals surface area contributed by atoms with Gasteiger partial charge in [-0.05, 0) is 61.9 Å². The van der Waals surface area contributed by atoms with Crippen LogP contribution in [0.2, 0.25) is 0 Å². The van der Waals surface area contributed by atoms with Crippen LogP contribution in [-0.4, -0.2) is 140 Å². The number of hydrogen-bond donors (Lipinski definition) is 3. The van der Waals surface area contributed by atoms with Gasteiger partial charge in [0, 0.05) is 83.6 Å². The van der Waals surface area contributed by atoms with Gasteiger partial charge >= 0.3 is 17.9 Å². The summed E-state index contributed by atoms with van der Waals surface area (Å²) in [5.74, 6) is -1.53. The molecule has 3 N–H and O–H groups in total. The monoisotopic (exact) mass is 952 g/mol. The summed E-state index contributed by atoms with van der Waals surface area (Å²) in [6.45, 7) is 8.86. The number of nitrogens with zero attached hydrogens (tertiary/aromatic N) is 3. The number of rotatable bonds is 7. The number of likely N-dealkylation sites (N-methyl/N-ethyl adjacent to an activating group) is 2. The minimum atomic E-state index is -2.30. The number of fused-ring (bicyclic) bond motifs is 6. The Hall–Kier alpha value is -3.70. The van der Waals surface area contributed by atoms with Crippen LogP contribution in [0.5, 0.6) is 5.75 Å². The SMILES string of the molecule is CC[C@]1(O)C[C@H]2C[C@](C(=O)OC)(c3cc4c(cc3OC)N(C)[C@H]3[C@@](O)(C(=O)OC)[C@H](OC(C)=O)[C@]5(CC)C=CCN6CC[C@]43[C@@H]65)c3[nH]c4ccccc4c3CC[N+](C)(C2)C1.[I-]. The number of halogens is 1. The number of aromatic amines is 1. The largest absolute Gasteiger partial charge is 1.00 e. The maximum absolute atomic E-state index is 15.4. The van der Waals surface area contributed by atoms with Crippen LogP contribution >= 0.6 is 0 Å². The molecule has 6 aliphatic rings. The van der Waals surface area contributed by atoms with Gasteiger partial charge in [0.25, 0.3) is 0 Å². The van der Waals surface area contributed by atoms with Crippen LogP contribution in [0.25, 0.3) is 10.9 Å². The summed E-state index contributed by atoms with van der Waals surface area (Å²) in [4.78, 5) is 51.0. The Morgan fingerprint density at radius 2 is 1.72 bits per heavy atom. The fourth-order valence-corrected chi connectivity index (χ4v) is 14.2. The second kappa shape index (κ2) is 15.0. The van der Waals surface area contributed by atoms with Crippen LogP contribution in [0.1, 0.15) is 75.3 Å². The number of benzene rings is 2. The Labute approximate surface area is 375 Å².